The molecule has 1 aliphatic carbocycles. The zero-order valence-electron chi connectivity index (χ0n) is 10.1. The highest BCUT2D eigenvalue weighted by atomic mass is 16.6. The summed E-state index contributed by atoms with van der Waals surface area (Å²) >= 11 is 0. The van der Waals surface area contributed by atoms with Crippen molar-refractivity contribution in [3.8, 4) is 0 Å². The number of primary amides is 1. The molecule has 1 saturated carbocycles. The van der Waals surface area contributed by atoms with Crippen molar-refractivity contribution in [3.63, 3.8) is 0 Å². The zero-order valence-corrected chi connectivity index (χ0v) is 10.1. The maximum absolute atomic E-state index is 11.5. The molecule has 1 aliphatic rings. The largest absolute Gasteiger partial charge is 0.444 e. The number of ether oxygens (including phenoxy) is 1. The van der Waals surface area contributed by atoms with Gasteiger partial charge < -0.3 is 15.8 Å². The van der Waals surface area contributed by atoms with E-state index in [1.807, 2.05) is 0 Å². The van der Waals surface area contributed by atoms with Crippen LogP contribution in [0.15, 0.2) is 0 Å². The van der Waals surface area contributed by atoms with Gasteiger partial charge in [0, 0.05) is 12.5 Å². The maximum Gasteiger partial charge on any atom is 0.407 e. The van der Waals surface area contributed by atoms with Crippen LogP contribution in [0.25, 0.3) is 0 Å². The van der Waals surface area contributed by atoms with Crippen LogP contribution in [0.4, 0.5) is 4.79 Å². The number of rotatable bonds is 4. The van der Waals surface area contributed by atoms with Crippen molar-refractivity contribution in [1.29, 1.82) is 0 Å². The SMILES string of the molecule is CC(C)(C)OC(=O)N[C@H](CC(N)=O)C1CC1. The molecule has 1 atom stereocenters. The summed E-state index contributed by atoms with van der Waals surface area (Å²) in [5.74, 6) is -0.0204. The second-order valence-electron chi connectivity index (χ2n) is 5.26. The summed E-state index contributed by atoms with van der Waals surface area (Å²) in [5, 5.41) is 2.70. The predicted octanol–water partition coefficient (Wildman–Crippen LogP) is 1.17. The van der Waals surface area contributed by atoms with E-state index in [9.17, 15) is 9.59 Å². The lowest BCUT2D eigenvalue weighted by Crippen LogP contribution is -2.42. The van der Waals surface area contributed by atoms with Gasteiger partial charge in [-0.3, -0.25) is 4.79 Å². The third kappa shape index (κ3) is 5.00. The molecule has 0 spiro atoms. The smallest absolute Gasteiger partial charge is 0.407 e. The van der Waals surface area contributed by atoms with Gasteiger partial charge in [-0.1, -0.05) is 0 Å². The van der Waals surface area contributed by atoms with Crippen LogP contribution in [0.2, 0.25) is 0 Å². The van der Waals surface area contributed by atoms with Crippen LogP contribution in [0.3, 0.4) is 0 Å². The molecule has 0 unspecified atom stereocenters. The first-order valence-corrected chi connectivity index (χ1v) is 5.56. The minimum Gasteiger partial charge on any atom is -0.444 e. The Labute approximate surface area is 95.7 Å². The lowest BCUT2D eigenvalue weighted by Gasteiger charge is -2.23. The Balaban J connectivity index is 2.42. The number of amides is 2. The van der Waals surface area contributed by atoms with Gasteiger partial charge in [0.15, 0.2) is 0 Å². The summed E-state index contributed by atoms with van der Waals surface area (Å²) in [6.07, 6.45) is 1.77. The molecular formula is C11H20N2O3. The van der Waals surface area contributed by atoms with E-state index >= 15 is 0 Å². The van der Waals surface area contributed by atoms with E-state index in [2.05, 4.69) is 5.32 Å². The molecule has 0 saturated heterocycles. The maximum atomic E-state index is 11.5. The lowest BCUT2D eigenvalue weighted by molar-refractivity contribution is -0.118. The van der Waals surface area contributed by atoms with Crippen LogP contribution in [0.1, 0.15) is 40.0 Å². The van der Waals surface area contributed by atoms with Crippen molar-refractivity contribution < 1.29 is 14.3 Å². The minimum atomic E-state index is -0.523. The molecule has 0 aliphatic heterocycles. The average Bonchev–Trinajstić information content (AvgIpc) is 2.78. The quantitative estimate of drug-likeness (QED) is 0.757. The molecule has 1 fully saturated rings. The van der Waals surface area contributed by atoms with Crippen LogP contribution >= 0.6 is 0 Å². The molecule has 0 heterocycles. The summed E-state index contributed by atoms with van der Waals surface area (Å²) in [4.78, 5) is 22.3. The van der Waals surface area contributed by atoms with E-state index in [-0.39, 0.29) is 12.5 Å². The molecule has 0 aromatic rings. The number of alkyl carbamates (subject to hydrolysis) is 1. The monoisotopic (exact) mass is 228 g/mol. The Morgan fingerprint density at radius 3 is 2.38 bits per heavy atom. The van der Waals surface area contributed by atoms with Gasteiger partial charge in [-0.05, 0) is 39.5 Å². The van der Waals surface area contributed by atoms with Crippen molar-refractivity contribution in [2.75, 3.05) is 0 Å². The fourth-order valence-electron chi connectivity index (χ4n) is 1.51. The third-order valence-corrected chi connectivity index (χ3v) is 2.31. The second-order valence-corrected chi connectivity index (χ2v) is 5.26. The van der Waals surface area contributed by atoms with E-state index in [4.69, 9.17) is 10.5 Å². The van der Waals surface area contributed by atoms with Gasteiger partial charge in [0.25, 0.3) is 0 Å². The zero-order chi connectivity index (χ0) is 12.3. The van der Waals surface area contributed by atoms with E-state index in [1.165, 1.54) is 0 Å². The fraction of sp³-hybridized carbons (Fsp3) is 0.818. The number of carbonyl (C=O) groups is 2. The summed E-state index contributed by atoms with van der Waals surface area (Å²) in [6.45, 7) is 5.40. The molecule has 5 nitrogen and oxygen atoms in total. The van der Waals surface area contributed by atoms with Crippen LogP contribution in [0, 0.1) is 5.92 Å². The van der Waals surface area contributed by atoms with Crippen LogP contribution in [-0.2, 0) is 9.53 Å². The molecular weight excluding hydrogens is 208 g/mol. The van der Waals surface area contributed by atoms with Crippen molar-refractivity contribution in [2.24, 2.45) is 11.7 Å². The number of carbonyl (C=O) groups excluding carboxylic acids is 2. The molecule has 2 amide bonds. The Hall–Kier alpha value is -1.26. The topological polar surface area (TPSA) is 81.4 Å². The van der Waals surface area contributed by atoms with Gasteiger partial charge in [-0.2, -0.15) is 0 Å². The molecule has 0 bridgehead atoms. The van der Waals surface area contributed by atoms with Gasteiger partial charge in [-0.15, -0.1) is 0 Å². The molecule has 0 radical (unpaired) electrons. The van der Waals surface area contributed by atoms with Crippen LogP contribution < -0.4 is 11.1 Å². The van der Waals surface area contributed by atoms with Crippen LogP contribution in [-0.4, -0.2) is 23.6 Å². The van der Waals surface area contributed by atoms with Crippen molar-refractivity contribution in [1.82, 2.24) is 5.32 Å². The molecule has 3 N–H and O–H groups in total. The first kappa shape index (κ1) is 12.8. The van der Waals surface area contributed by atoms with Gasteiger partial charge in [0.1, 0.15) is 5.60 Å². The van der Waals surface area contributed by atoms with Crippen molar-refractivity contribution in [3.05, 3.63) is 0 Å². The van der Waals surface area contributed by atoms with E-state index in [1.54, 1.807) is 20.8 Å². The highest BCUT2D eigenvalue weighted by Gasteiger charge is 2.34. The Bertz CT molecular complexity index is 279. The summed E-state index contributed by atoms with van der Waals surface area (Å²) < 4.78 is 5.13. The van der Waals surface area contributed by atoms with E-state index in [0.717, 1.165) is 12.8 Å². The molecule has 0 aromatic carbocycles. The molecule has 0 aromatic heterocycles. The minimum absolute atomic E-state index is 0.174. The summed E-state index contributed by atoms with van der Waals surface area (Å²) in [5.41, 5.74) is 4.61. The van der Waals surface area contributed by atoms with E-state index < -0.39 is 17.6 Å². The molecule has 92 valence electrons. The molecule has 1 rings (SSSR count). The van der Waals surface area contributed by atoms with Gasteiger partial charge in [0.05, 0.1) is 0 Å². The summed E-state index contributed by atoms with van der Waals surface area (Å²) in [7, 11) is 0. The number of nitrogens with two attached hydrogens (primary N) is 1. The van der Waals surface area contributed by atoms with Crippen molar-refractivity contribution >= 4 is 12.0 Å². The van der Waals surface area contributed by atoms with Crippen molar-refractivity contribution in [2.45, 2.75) is 51.7 Å². The molecule has 5 heteroatoms. The first-order valence-electron chi connectivity index (χ1n) is 5.56. The lowest BCUT2D eigenvalue weighted by atomic mass is 10.1. The highest BCUT2D eigenvalue weighted by molar-refractivity contribution is 5.76. The van der Waals surface area contributed by atoms with Crippen LogP contribution in [0.5, 0.6) is 0 Å². The number of hydrogen-bond donors (Lipinski definition) is 2. The fourth-order valence-corrected chi connectivity index (χ4v) is 1.51. The van der Waals surface area contributed by atoms with Gasteiger partial charge >= 0.3 is 6.09 Å². The standard InChI is InChI=1S/C11H20N2O3/c1-11(2,3)16-10(15)13-8(6-9(12)14)7-4-5-7/h7-8H,4-6H2,1-3H3,(H2,12,14)(H,13,15)/t8-/m1/s1. The average molecular weight is 228 g/mol. The van der Waals surface area contributed by atoms with E-state index in [0.29, 0.717) is 5.92 Å². The predicted molar refractivity (Wildman–Crippen MR) is 59.7 cm³/mol. The van der Waals surface area contributed by atoms with Gasteiger partial charge in [-0.25, -0.2) is 4.79 Å². The Kier molecular flexibility index (Phi) is 3.78. The highest BCUT2D eigenvalue weighted by Crippen LogP contribution is 2.34. The Morgan fingerprint density at radius 2 is 2.00 bits per heavy atom. The Morgan fingerprint density at radius 1 is 1.44 bits per heavy atom. The normalized spacial score (nSPS) is 17.7. The second kappa shape index (κ2) is 4.72. The summed E-state index contributed by atoms with van der Waals surface area (Å²) in [6, 6.07) is -0.174. The number of nitrogens with one attached hydrogen (secondary N) is 1. The number of hydrogen-bond acceptors (Lipinski definition) is 3. The molecule has 16 heavy (non-hydrogen) atoms. The third-order valence-electron chi connectivity index (χ3n) is 2.31. The van der Waals surface area contributed by atoms with Gasteiger partial charge in [0.2, 0.25) is 5.91 Å². The first-order chi connectivity index (χ1) is 7.28.